The first-order chi connectivity index (χ1) is 6.04. The Morgan fingerprint density at radius 2 is 1.62 bits per heavy atom. The fourth-order valence-corrected chi connectivity index (χ4v) is 0.352. The molecule has 0 spiro atoms. The second kappa shape index (κ2) is 17.1. The van der Waals surface area contributed by atoms with Gasteiger partial charge in [0.05, 0.1) is 7.11 Å². The van der Waals surface area contributed by atoms with Crippen LogP contribution in [0, 0.1) is 0 Å². The maximum atomic E-state index is 10.0. The third-order valence-corrected chi connectivity index (χ3v) is 0.803. The number of Topliss-reactive ketones (excluding diaryl/α,β-unsaturated/α-hetero) is 1. The van der Waals surface area contributed by atoms with E-state index >= 15 is 0 Å². The molecule has 0 saturated carbocycles. The number of hydrogen-bond acceptors (Lipinski definition) is 3. The molecule has 0 radical (unpaired) electrons. The van der Waals surface area contributed by atoms with Crippen LogP contribution in [0.15, 0.2) is 0 Å². The molecule has 0 aliphatic heterocycles. The lowest BCUT2D eigenvalue weighted by molar-refractivity contribution is -0.117. The van der Waals surface area contributed by atoms with Crippen LogP contribution in [-0.2, 0) is 9.53 Å². The normalized spacial score (nSPS) is 6.85. The van der Waals surface area contributed by atoms with Gasteiger partial charge in [0.2, 0.25) is 0 Å². The minimum Gasteiger partial charge on any atom is -0.453 e. The molecule has 0 saturated heterocycles. The fraction of sp³-hybridized carbons (Fsp3) is 0.778. The molecule has 0 aliphatic rings. The molecule has 13 heavy (non-hydrogen) atoms. The van der Waals surface area contributed by atoms with Crippen molar-refractivity contribution in [3.05, 3.63) is 0 Å². The van der Waals surface area contributed by atoms with Crippen molar-refractivity contribution >= 4 is 11.9 Å². The van der Waals surface area contributed by atoms with Crippen molar-refractivity contribution in [1.82, 2.24) is 0 Å². The molecule has 0 aliphatic carbocycles. The van der Waals surface area contributed by atoms with E-state index in [4.69, 9.17) is 0 Å². The second-order valence-corrected chi connectivity index (χ2v) is 1.98. The van der Waals surface area contributed by atoms with Crippen LogP contribution in [0.4, 0.5) is 4.79 Å². The number of rotatable bonds is 2. The molecule has 0 unspecified atom stereocenters. The highest BCUT2D eigenvalue weighted by atomic mass is 16.5. The van der Waals surface area contributed by atoms with Gasteiger partial charge in [0, 0.05) is 6.42 Å². The first kappa shape index (κ1) is 17.9. The lowest BCUT2D eigenvalue weighted by Gasteiger charge is -1.81. The predicted octanol–water partition coefficient (Wildman–Crippen LogP) is 2.11. The monoisotopic (exact) mass is 191 g/mol. The molecule has 0 heterocycles. The zero-order chi connectivity index (χ0) is 11.3. The quantitative estimate of drug-likeness (QED) is 0.726. The highest BCUT2D eigenvalue weighted by molar-refractivity contribution is 5.75. The standard InChI is InChI=1S/C5H10O.C2H5NO2.C2H6/c1-3-4-5(2)6;1-5-2(3)4;1-2/h3-4H2,1-2H3;1H3,(H2,3,4);1-2H3. The predicted molar refractivity (Wildman–Crippen MR) is 53.5 cm³/mol. The fourth-order valence-electron chi connectivity index (χ4n) is 0.352. The second-order valence-electron chi connectivity index (χ2n) is 1.98. The first-order valence-electron chi connectivity index (χ1n) is 4.37. The summed E-state index contributed by atoms with van der Waals surface area (Å²) >= 11 is 0. The van der Waals surface area contributed by atoms with Crippen LogP contribution in [0.3, 0.4) is 0 Å². The number of methoxy groups -OCH3 is 1. The number of nitrogens with two attached hydrogens (primary N) is 1. The zero-order valence-electron chi connectivity index (χ0n) is 9.22. The molecule has 0 fully saturated rings. The van der Waals surface area contributed by atoms with Gasteiger partial charge in [-0.05, 0) is 13.3 Å². The van der Waals surface area contributed by atoms with Crippen molar-refractivity contribution in [2.75, 3.05) is 7.11 Å². The Morgan fingerprint density at radius 3 is 1.62 bits per heavy atom. The lowest BCUT2D eigenvalue weighted by atomic mass is 10.3. The summed E-state index contributed by atoms with van der Waals surface area (Å²) in [6, 6.07) is 0. The van der Waals surface area contributed by atoms with Gasteiger partial charge in [-0.2, -0.15) is 0 Å². The summed E-state index contributed by atoms with van der Waals surface area (Å²) in [5, 5.41) is 0. The largest absolute Gasteiger partial charge is 0.453 e. The summed E-state index contributed by atoms with van der Waals surface area (Å²) in [5.41, 5.74) is 4.43. The molecular weight excluding hydrogens is 170 g/mol. The smallest absolute Gasteiger partial charge is 0.404 e. The van der Waals surface area contributed by atoms with Crippen molar-refractivity contribution < 1.29 is 14.3 Å². The zero-order valence-corrected chi connectivity index (χ0v) is 9.22. The van der Waals surface area contributed by atoms with Crippen LogP contribution >= 0.6 is 0 Å². The molecule has 4 nitrogen and oxygen atoms in total. The van der Waals surface area contributed by atoms with Gasteiger partial charge in [-0.3, -0.25) is 0 Å². The Labute approximate surface area is 80.4 Å². The van der Waals surface area contributed by atoms with Crippen molar-refractivity contribution in [1.29, 1.82) is 0 Å². The molecule has 0 aromatic rings. The van der Waals surface area contributed by atoms with E-state index < -0.39 is 6.09 Å². The molecule has 0 bridgehead atoms. The van der Waals surface area contributed by atoms with Gasteiger partial charge >= 0.3 is 6.09 Å². The molecule has 0 aromatic carbocycles. The Balaban J connectivity index is -0.000000131. The van der Waals surface area contributed by atoms with E-state index in [9.17, 15) is 9.59 Å². The number of carbonyl (C=O) groups excluding carboxylic acids is 2. The van der Waals surface area contributed by atoms with Crippen LogP contribution in [-0.4, -0.2) is 19.0 Å². The van der Waals surface area contributed by atoms with Crippen LogP contribution in [0.1, 0.15) is 40.5 Å². The lowest BCUT2D eigenvalue weighted by Crippen LogP contribution is -2.08. The van der Waals surface area contributed by atoms with Gasteiger partial charge < -0.3 is 15.3 Å². The highest BCUT2D eigenvalue weighted by Gasteiger charge is 1.83. The van der Waals surface area contributed by atoms with Gasteiger partial charge in [-0.15, -0.1) is 0 Å². The Morgan fingerprint density at radius 1 is 1.31 bits per heavy atom. The Bertz CT molecular complexity index is 124. The maximum absolute atomic E-state index is 10.0. The third-order valence-electron chi connectivity index (χ3n) is 0.803. The van der Waals surface area contributed by atoms with E-state index in [1.54, 1.807) is 6.92 Å². The summed E-state index contributed by atoms with van der Waals surface area (Å²) < 4.78 is 3.89. The molecule has 0 aromatic heterocycles. The molecule has 2 N–H and O–H groups in total. The SMILES string of the molecule is CC.CCCC(C)=O.COC(N)=O. The van der Waals surface area contributed by atoms with E-state index in [0.29, 0.717) is 0 Å². The van der Waals surface area contributed by atoms with Crippen LogP contribution < -0.4 is 5.73 Å². The van der Waals surface area contributed by atoms with Crippen molar-refractivity contribution in [3.8, 4) is 0 Å². The number of primary amides is 1. The summed E-state index contributed by atoms with van der Waals surface area (Å²) in [5.74, 6) is 0.289. The molecular formula is C9H21NO3. The van der Waals surface area contributed by atoms with E-state index in [2.05, 4.69) is 10.5 Å². The van der Waals surface area contributed by atoms with E-state index in [-0.39, 0.29) is 5.78 Å². The number of carbonyl (C=O) groups is 2. The molecule has 0 rings (SSSR count). The Hall–Kier alpha value is -1.06. The average molecular weight is 191 g/mol. The third kappa shape index (κ3) is 56.3. The van der Waals surface area contributed by atoms with Crippen molar-refractivity contribution in [2.45, 2.75) is 40.5 Å². The Kier molecular flexibility index (Phi) is 23.6. The van der Waals surface area contributed by atoms with E-state index in [0.717, 1.165) is 12.8 Å². The summed E-state index contributed by atoms with van der Waals surface area (Å²) in [6.45, 7) is 7.62. The van der Waals surface area contributed by atoms with Gasteiger partial charge in [0.1, 0.15) is 5.78 Å². The first-order valence-corrected chi connectivity index (χ1v) is 4.37. The van der Waals surface area contributed by atoms with Crippen LogP contribution in [0.2, 0.25) is 0 Å². The summed E-state index contributed by atoms with van der Waals surface area (Å²) in [4.78, 5) is 19.4. The van der Waals surface area contributed by atoms with Gasteiger partial charge in [0.25, 0.3) is 0 Å². The number of hydrogen-bond donors (Lipinski definition) is 1. The van der Waals surface area contributed by atoms with Crippen LogP contribution in [0.5, 0.6) is 0 Å². The van der Waals surface area contributed by atoms with Crippen molar-refractivity contribution in [2.24, 2.45) is 5.73 Å². The van der Waals surface area contributed by atoms with Crippen molar-refractivity contribution in [3.63, 3.8) is 0 Å². The number of ketones is 1. The minimum atomic E-state index is -0.745. The number of ether oxygens (including phenoxy) is 1. The van der Waals surface area contributed by atoms with E-state index in [1.165, 1.54) is 7.11 Å². The topological polar surface area (TPSA) is 69.4 Å². The summed E-state index contributed by atoms with van der Waals surface area (Å²) in [7, 11) is 1.22. The minimum absolute atomic E-state index is 0.289. The average Bonchev–Trinajstić information content (AvgIpc) is 2.09. The molecule has 4 heteroatoms. The highest BCUT2D eigenvalue weighted by Crippen LogP contribution is 1.84. The molecule has 1 amide bonds. The summed E-state index contributed by atoms with van der Waals surface area (Å²) in [6.07, 6.45) is 0.972. The van der Waals surface area contributed by atoms with Gasteiger partial charge in [0.15, 0.2) is 0 Å². The van der Waals surface area contributed by atoms with E-state index in [1.807, 2.05) is 20.8 Å². The molecule has 80 valence electrons. The maximum Gasteiger partial charge on any atom is 0.404 e. The van der Waals surface area contributed by atoms with Gasteiger partial charge in [-0.1, -0.05) is 20.8 Å². The van der Waals surface area contributed by atoms with Gasteiger partial charge in [-0.25, -0.2) is 4.79 Å². The molecule has 0 atom stereocenters. The van der Waals surface area contributed by atoms with Crippen LogP contribution in [0.25, 0.3) is 0 Å². The number of amides is 1.